The van der Waals surface area contributed by atoms with E-state index in [1.807, 2.05) is 18.2 Å². The van der Waals surface area contributed by atoms with Crippen LogP contribution < -0.4 is 5.32 Å². The van der Waals surface area contributed by atoms with Crippen LogP contribution in [-0.4, -0.2) is 19.8 Å². The van der Waals surface area contributed by atoms with Crippen molar-refractivity contribution in [3.63, 3.8) is 0 Å². The molecule has 0 saturated heterocycles. The largest absolute Gasteiger partial charge is 0.467 e. The second-order valence-corrected chi connectivity index (χ2v) is 4.97. The predicted molar refractivity (Wildman–Crippen MR) is 80.7 cm³/mol. The first-order chi connectivity index (χ1) is 9.85. The van der Waals surface area contributed by atoms with Crippen LogP contribution >= 0.6 is 0 Å². The Labute approximate surface area is 121 Å². The van der Waals surface area contributed by atoms with Gasteiger partial charge in [-0.05, 0) is 24.1 Å². The highest BCUT2D eigenvalue weighted by Gasteiger charge is 2.20. The molecular weight excluding hydrogens is 250 g/mol. The van der Waals surface area contributed by atoms with Crippen LogP contribution in [-0.2, 0) is 4.74 Å². The smallest absolute Gasteiger partial charge is 0.125 e. The lowest BCUT2D eigenvalue weighted by molar-refractivity contribution is 0.156. The normalized spacial score (nSPS) is 14.1. The fourth-order valence-electron chi connectivity index (χ4n) is 2.44. The quantitative estimate of drug-likeness (QED) is 0.795. The van der Waals surface area contributed by atoms with E-state index < -0.39 is 0 Å². The van der Waals surface area contributed by atoms with Gasteiger partial charge in [-0.25, -0.2) is 0 Å². The first-order valence-electron chi connectivity index (χ1n) is 7.18. The maximum Gasteiger partial charge on any atom is 0.125 e. The molecule has 1 aromatic carbocycles. The van der Waals surface area contributed by atoms with Crippen LogP contribution in [0.3, 0.4) is 0 Å². The molecule has 0 aliphatic rings. The summed E-state index contributed by atoms with van der Waals surface area (Å²) in [7, 11) is 1.74. The number of furan rings is 1. The molecule has 20 heavy (non-hydrogen) atoms. The predicted octanol–water partition coefficient (Wildman–Crippen LogP) is 3.77. The molecule has 3 nitrogen and oxygen atoms in total. The summed E-state index contributed by atoms with van der Waals surface area (Å²) in [6, 6.07) is 14.7. The minimum Gasteiger partial charge on any atom is -0.467 e. The minimum atomic E-state index is 0.0675. The number of ether oxygens (including phenoxy) is 1. The molecule has 2 atom stereocenters. The average Bonchev–Trinajstić information content (AvgIpc) is 3.00. The van der Waals surface area contributed by atoms with Crippen molar-refractivity contribution in [1.29, 1.82) is 0 Å². The van der Waals surface area contributed by atoms with Crippen molar-refractivity contribution >= 4 is 0 Å². The van der Waals surface area contributed by atoms with Crippen LogP contribution in [0.4, 0.5) is 0 Å². The number of hydrogen-bond acceptors (Lipinski definition) is 3. The Morgan fingerprint density at radius 2 is 1.95 bits per heavy atom. The Kier molecular flexibility index (Phi) is 5.84. The van der Waals surface area contributed by atoms with Crippen molar-refractivity contribution in [1.82, 2.24) is 5.32 Å². The number of hydrogen-bond donors (Lipinski definition) is 1. The maximum atomic E-state index is 5.60. The van der Waals surface area contributed by atoms with Crippen molar-refractivity contribution in [2.45, 2.75) is 31.8 Å². The van der Waals surface area contributed by atoms with Gasteiger partial charge in [0, 0.05) is 13.2 Å². The summed E-state index contributed by atoms with van der Waals surface area (Å²) in [5.74, 6) is 0.938. The lowest BCUT2D eigenvalue weighted by Crippen LogP contribution is -2.36. The molecule has 2 unspecified atom stereocenters. The molecule has 0 fully saturated rings. The topological polar surface area (TPSA) is 34.4 Å². The first kappa shape index (κ1) is 14.8. The zero-order valence-electron chi connectivity index (χ0n) is 12.2. The summed E-state index contributed by atoms with van der Waals surface area (Å²) in [6.45, 7) is 2.90. The fourth-order valence-corrected chi connectivity index (χ4v) is 2.44. The molecule has 2 rings (SSSR count). The summed E-state index contributed by atoms with van der Waals surface area (Å²) in [4.78, 5) is 0. The second kappa shape index (κ2) is 7.88. The van der Waals surface area contributed by atoms with Gasteiger partial charge in [-0.3, -0.25) is 5.32 Å². The molecule has 1 N–H and O–H groups in total. The van der Waals surface area contributed by atoms with E-state index in [0.29, 0.717) is 12.6 Å². The van der Waals surface area contributed by atoms with Crippen molar-refractivity contribution in [2.24, 2.45) is 0 Å². The number of methoxy groups -OCH3 is 1. The number of benzene rings is 1. The summed E-state index contributed by atoms with van der Waals surface area (Å²) in [5.41, 5.74) is 1.21. The number of rotatable bonds is 8. The van der Waals surface area contributed by atoms with Crippen LogP contribution in [0.5, 0.6) is 0 Å². The zero-order valence-corrected chi connectivity index (χ0v) is 12.2. The lowest BCUT2D eigenvalue weighted by Gasteiger charge is -2.24. The van der Waals surface area contributed by atoms with Crippen molar-refractivity contribution < 1.29 is 9.15 Å². The van der Waals surface area contributed by atoms with Crippen LogP contribution in [0.25, 0.3) is 0 Å². The summed E-state index contributed by atoms with van der Waals surface area (Å²) in [5, 5.41) is 3.66. The molecule has 0 amide bonds. The fraction of sp³-hybridized carbons (Fsp3) is 0.412. The molecular formula is C17H23NO2. The molecule has 0 bridgehead atoms. The molecule has 1 aromatic heterocycles. The third-order valence-electron chi connectivity index (χ3n) is 3.37. The van der Waals surface area contributed by atoms with Crippen LogP contribution in [0.2, 0.25) is 0 Å². The van der Waals surface area contributed by atoms with E-state index in [0.717, 1.165) is 18.6 Å². The Morgan fingerprint density at radius 3 is 2.55 bits per heavy atom. The lowest BCUT2D eigenvalue weighted by atomic mass is 10.0. The van der Waals surface area contributed by atoms with E-state index in [9.17, 15) is 0 Å². The third kappa shape index (κ3) is 3.95. The van der Waals surface area contributed by atoms with E-state index in [1.165, 1.54) is 5.56 Å². The van der Waals surface area contributed by atoms with Crippen molar-refractivity contribution in [3.05, 3.63) is 60.1 Å². The number of nitrogens with one attached hydrogen (secondary N) is 1. The van der Waals surface area contributed by atoms with E-state index >= 15 is 0 Å². The summed E-state index contributed by atoms with van der Waals surface area (Å²) < 4.78 is 10.9. The Balaban J connectivity index is 2.19. The van der Waals surface area contributed by atoms with Crippen LogP contribution in [0.15, 0.2) is 53.1 Å². The summed E-state index contributed by atoms with van der Waals surface area (Å²) in [6.07, 6.45) is 3.93. The second-order valence-electron chi connectivity index (χ2n) is 4.97. The molecule has 3 heteroatoms. The van der Waals surface area contributed by atoms with Crippen LogP contribution in [0, 0.1) is 0 Å². The highest BCUT2D eigenvalue weighted by molar-refractivity contribution is 5.26. The van der Waals surface area contributed by atoms with Crippen molar-refractivity contribution in [3.8, 4) is 0 Å². The van der Waals surface area contributed by atoms with Crippen molar-refractivity contribution in [2.75, 3.05) is 13.7 Å². The van der Waals surface area contributed by atoms with Gasteiger partial charge in [-0.15, -0.1) is 0 Å². The molecule has 108 valence electrons. The van der Waals surface area contributed by atoms with E-state index in [-0.39, 0.29) is 6.04 Å². The summed E-state index contributed by atoms with van der Waals surface area (Å²) >= 11 is 0. The van der Waals surface area contributed by atoms with Gasteiger partial charge < -0.3 is 9.15 Å². The SMILES string of the molecule is CCCC(COC)NC(c1ccccc1)c1ccco1. The molecule has 0 aliphatic heterocycles. The van der Waals surface area contributed by atoms with Gasteiger partial charge in [-0.1, -0.05) is 43.7 Å². The van der Waals surface area contributed by atoms with Gasteiger partial charge in [0.1, 0.15) is 5.76 Å². The van der Waals surface area contributed by atoms with E-state index in [2.05, 4.69) is 36.5 Å². The monoisotopic (exact) mass is 273 g/mol. The Hall–Kier alpha value is -1.58. The molecule has 0 radical (unpaired) electrons. The van der Waals surface area contributed by atoms with Gasteiger partial charge in [0.05, 0.1) is 18.9 Å². The van der Waals surface area contributed by atoms with Gasteiger partial charge in [0.2, 0.25) is 0 Å². The van der Waals surface area contributed by atoms with Gasteiger partial charge in [0.25, 0.3) is 0 Å². The molecule has 0 aliphatic carbocycles. The Bertz CT molecular complexity index is 461. The average molecular weight is 273 g/mol. The van der Waals surface area contributed by atoms with Gasteiger partial charge in [-0.2, -0.15) is 0 Å². The highest BCUT2D eigenvalue weighted by Crippen LogP contribution is 2.23. The molecule has 0 spiro atoms. The highest BCUT2D eigenvalue weighted by atomic mass is 16.5. The third-order valence-corrected chi connectivity index (χ3v) is 3.37. The first-order valence-corrected chi connectivity index (χ1v) is 7.18. The van der Waals surface area contributed by atoms with Crippen LogP contribution in [0.1, 0.15) is 37.1 Å². The molecule has 0 saturated carbocycles. The minimum absolute atomic E-state index is 0.0675. The molecule has 1 heterocycles. The van der Waals surface area contributed by atoms with Gasteiger partial charge in [0.15, 0.2) is 0 Å². The van der Waals surface area contributed by atoms with E-state index in [4.69, 9.17) is 9.15 Å². The van der Waals surface area contributed by atoms with Gasteiger partial charge >= 0.3 is 0 Å². The molecule has 2 aromatic rings. The standard InChI is InChI=1S/C17H23NO2/c1-3-8-15(13-19-2)18-17(16-11-7-12-20-16)14-9-5-4-6-10-14/h4-7,9-12,15,17-18H,3,8,13H2,1-2H3. The Morgan fingerprint density at radius 1 is 1.15 bits per heavy atom. The maximum absolute atomic E-state index is 5.60. The van der Waals surface area contributed by atoms with E-state index in [1.54, 1.807) is 13.4 Å². The zero-order chi connectivity index (χ0) is 14.2.